The van der Waals surface area contributed by atoms with Gasteiger partial charge in [0.05, 0.1) is 12.0 Å². The second-order valence-electron chi connectivity index (χ2n) is 6.61. The number of nitrogens with zero attached hydrogens (tertiary/aromatic N) is 1. The van der Waals surface area contributed by atoms with Crippen molar-refractivity contribution in [2.24, 2.45) is 0 Å². The lowest BCUT2D eigenvalue weighted by atomic mass is 10.0. The van der Waals surface area contributed by atoms with Crippen LogP contribution in [0.4, 0.5) is 0 Å². The topological polar surface area (TPSA) is 63.9 Å². The summed E-state index contributed by atoms with van der Waals surface area (Å²) in [5, 5.41) is 3.96. The van der Waals surface area contributed by atoms with Gasteiger partial charge in [-0.1, -0.05) is 6.08 Å². The van der Waals surface area contributed by atoms with Crippen LogP contribution in [-0.4, -0.2) is 56.8 Å². The van der Waals surface area contributed by atoms with Gasteiger partial charge in [-0.2, -0.15) is 0 Å². The molecule has 1 fully saturated rings. The zero-order chi connectivity index (χ0) is 19.2. The van der Waals surface area contributed by atoms with Gasteiger partial charge in [0, 0.05) is 44.4 Å². The fourth-order valence-corrected chi connectivity index (χ4v) is 3.68. The summed E-state index contributed by atoms with van der Waals surface area (Å²) < 4.78 is 17.1. The molecule has 1 aliphatic rings. The number of carbonyl (C=O) groups excluding carboxylic acids is 1. The minimum Gasteiger partial charge on any atom is -0.490 e. The van der Waals surface area contributed by atoms with Crippen LogP contribution in [0, 0.1) is 0 Å². The van der Waals surface area contributed by atoms with E-state index in [1.165, 1.54) is 0 Å². The molecule has 1 amide bonds. The first-order chi connectivity index (χ1) is 13.1. The molecule has 1 aromatic heterocycles. The molecule has 6 nitrogen and oxygen atoms in total. The third-order valence-corrected chi connectivity index (χ3v) is 5.08. The SMILES string of the molecule is C=CCN1CCC(NC(=O)c2cc(OCCOC)c3cc(Br)oc3c2)CC1. The van der Waals surface area contributed by atoms with Gasteiger partial charge in [-0.25, -0.2) is 0 Å². The highest BCUT2D eigenvalue weighted by Gasteiger charge is 2.22. The molecule has 0 aliphatic carbocycles. The molecule has 3 rings (SSSR count). The average molecular weight is 437 g/mol. The second kappa shape index (κ2) is 9.39. The minimum absolute atomic E-state index is 0.108. The molecule has 2 heterocycles. The van der Waals surface area contributed by atoms with Gasteiger partial charge in [0.2, 0.25) is 0 Å². The lowest BCUT2D eigenvalue weighted by Gasteiger charge is -2.31. The number of amides is 1. The van der Waals surface area contributed by atoms with Crippen molar-refractivity contribution < 1.29 is 18.7 Å². The molecule has 1 aromatic carbocycles. The van der Waals surface area contributed by atoms with Crippen LogP contribution in [0.2, 0.25) is 0 Å². The number of piperidine rings is 1. The molecular formula is C20H25BrN2O4. The Kier molecular flexibility index (Phi) is 6.93. The molecule has 0 saturated carbocycles. The van der Waals surface area contributed by atoms with Crippen molar-refractivity contribution in [1.82, 2.24) is 10.2 Å². The number of fused-ring (bicyclic) bond motifs is 1. The molecular weight excluding hydrogens is 412 g/mol. The van der Waals surface area contributed by atoms with Gasteiger partial charge in [-0.15, -0.1) is 6.58 Å². The van der Waals surface area contributed by atoms with Crippen molar-refractivity contribution >= 4 is 32.8 Å². The van der Waals surface area contributed by atoms with Crippen molar-refractivity contribution in [3.63, 3.8) is 0 Å². The van der Waals surface area contributed by atoms with Gasteiger partial charge >= 0.3 is 0 Å². The summed E-state index contributed by atoms with van der Waals surface area (Å²) in [6, 6.07) is 5.54. The number of halogens is 1. The molecule has 1 N–H and O–H groups in total. The summed E-state index contributed by atoms with van der Waals surface area (Å²) >= 11 is 3.34. The van der Waals surface area contributed by atoms with Crippen LogP contribution >= 0.6 is 15.9 Å². The Hall–Kier alpha value is -1.83. The summed E-state index contributed by atoms with van der Waals surface area (Å²) in [6.45, 7) is 7.48. The van der Waals surface area contributed by atoms with Crippen LogP contribution in [0.5, 0.6) is 5.75 Å². The van der Waals surface area contributed by atoms with E-state index in [9.17, 15) is 4.79 Å². The standard InChI is InChI=1S/C20H25BrN2O4/c1-3-6-23-7-4-15(5-8-23)22-20(24)14-11-17(26-10-9-25-2)16-13-19(21)27-18(16)12-14/h3,11-13,15H,1,4-10H2,2H3,(H,22,24). The van der Waals surface area contributed by atoms with Gasteiger partial charge in [-0.05, 0) is 40.9 Å². The number of nitrogens with one attached hydrogen (secondary N) is 1. The van der Waals surface area contributed by atoms with E-state index in [0.717, 1.165) is 37.9 Å². The number of methoxy groups -OCH3 is 1. The van der Waals surface area contributed by atoms with Gasteiger partial charge < -0.3 is 19.2 Å². The summed E-state index contributed by atoms with van der Waals surface area (Å²) in [4.78, 5) is 15.1. The maximum Gasteiger partial charge on any atom is 0.251 e. The van der Waals surface area contributed by atoms with E-state index >= 15 is 0 Å². The monoisotopic (exact) mass is 436 g/mol. The highest BCUT2D eigenvalue weighted by atomic mass is 79.9. The Morgan fingerprint density at radius 3 is 2.85 bits per heavy atom. The second-order valence-corrected chi connectivity index (χ2v) is 7.40. The molecule has 1 saturated heterocycles. The van der Waals surface area contributed by atoms with Crippen LogP contribution in [-0.2, 0) is 4.74 Å². The van der Waals surface area contributed by atoms with Crippen LogP contribution in [0.3, 0.4) is 0 Å². The van der Waals surface area contributed by atoms with Crippen molar-refractivity contribution in [2.75, 3.05) is 40.0 Å². The van der Waals surface area contributed by atoms with E-state index in [2.05, 4.69) is 32.7 Å². The summed E-state index contributed by atoms with van der Waals surface area (Å²) in [6.07, 6.45) is 3.79. The molecule has 0 atom stereocenters. The number of benzene rings is 1. The van der Waals surface area contributed by atoms with E-state index in [4.69, 9.17) is 13.9 Å². The van der Waals surface area contributed by atoms with Crippen molar-refractivity contribution in [1.29, 1.82) is 0 Å². The highest BCUT2D eigenvalue weighted by molar-refractivity contribution is 9.10. The molecule has 7 heteroatoms. The van der Waals surface area contributed by atoms with Gasteiger partial charge in [0.25, 0.3) is 5.91 Å². The first kappa shape index (κ1) is 19.9. The van der Waals surface area contributed by atoms with E-state index in [-0.39, 0.29) is 11.9 Å². The molecule has 1 aliphatic heterocycles. The number of rotatable bonds is 8. The van der Waals surface area contributed by atoms with Crippen LogP contribution < -0.4 is 10.1 Å². The normalized spacial score (nSPS) is 15.8. The van der Waals surface area contributed by atoms with E-state index in [0.29, 0.717) is 34.8 Å². The fourth-order valence-electron chi connectivity index (χ4n) is 3.27. The molecule has 0 unspecified atom stereocenters. The molecule has 0 bridgehead atoms. The van der Waals surface area contributed by atoms with E-state index < -0.39 is 0 Å². The van der Waals surface area contributed by atoms with Crippen molar-refractivity contribution in [3.05, 3.63) is 41.1 Å². The average Bonchev–Trinajstić information content (AvgIpc) is 3.04. The number of ether oxygens (including phenoxy) is 2. The van der Waals surface area contributed by atoms with Gasteiger partial charge in [0.1, 0.15) is 17.9 Å². The fraction of sp³-hybridized carbons (Fsp3) is 0.450. The molecule has 146 valence electrons. The zero-order valence-corrected chi connectivity index (χ0v) is 17.1. The summed E-state index contributed by atoms with van der Waals surface area (Å²) in [5.41, 5.74) is 1.15. The van der Waals surface area contributed by atoms with Gasteiger partial charge in [-0.3, -0.25) is 9.69 Å². The smallest absolute Gasteiger partial charge is 0.251 e. The predicted molar refractivity (Wildman–Crippen MR) is 108 cm³/mol. The third kappa shape index (κ3) is 5.12. The Morgan fingerprint density at radius 1 is 1.37 bits per heavy atom. The minimum atomic E-state index is -0.108. The first-order valence-corrected chi connectivity index (χ1v) is 9.89. The molecule has 2 aromatic rings. The molecule has 0 spiro atoms. The van der Waals surface area contributed by atoms with E-state index in [1.54, 1.807) is 19.2 Å². The maximum atomic E-state index is 12.8. The summed E-state index contributed by atoms with van der Waals surface area (Å²) in [7, 11) is 1.62. The zero-order valence-electron chi connectivity index (χ0n) is 15.5. The predicted octanol–water partition coefficient (Wildman–Crippen LogP) is 3.60. The third-order valence-electron chi connectivity index (χ3n) is 4.69. The Balaban J connectivity index is 1.71. The van der Waals surface area contributed by atoms with E-state index in [1.807, 2.05) is 12.1 Å². The maximum absolute atomic E-state index is 12.8. The highest BCUT2D eigenvalue weighted by Crippen LogP contribution is 2.33. The number of furan rings is 1. The molecule has 27 heavy (non-hydrogen) atoms. The number of hydrogen-bond acceptors (Lipinski definition) is 5. The van der Waals surface area contributed by atoms with Crippen LogP contribution in [0.15, 0.2) is 39.9 Å². The van der Waals surface area contributed by atoms with Crippen molar-refractivity contribution in [3.8, 4) is 5.75 Å². The first-order valence-electron chi connectivity index (χ1n) is 9.09. The van der Waals surface area contributed by atoms with Crippen LogP contribution in [0.25, 0.3) is 11.0 Å². The summed E-state index contributed by atoms with van der Waals surface area (Å²) in [5.74, 6) is 0.508. The van der Waals surface area contributed by atoms with Crippen LogP contribution in [0.1, 0.15) is 23.2 Å². The molecule has 0 radical (unpaired) electrons. The number of hydrogen-bond donors (Lipinski definition) is 1. The number of carbonyl (C=O) groups is 1. The number of likely N-dealkylation sites (tertiary alicyclic amines) is 1. The Morgan fingerprint density at radius 2 is 2.15 bits per heavy atom. The lowest BCUT2D eigenvalue weighted by molar-refractivity contribution is 0.0913. The quantitative estimate of drug-likeness (QED) is 0.505. The lowest BCUT2D eigenvalue weighted by Crippen LogP contribution is -2.44. The Bertz CT molecular complexity index is 797. The Labute approximate surface area is 167 Å². The van der Waals surface area contributed by atoms with Gasteiger partial charge in [0.15, 0.2) is 4.67 Å². The largest absolute Gasteiger partial charge is 0.490 e. The van der Waals surface area contributed by atoms with Crippen molar-refractivity contribution in [2.45, 2.75) is 18.9 Å².